The predicted molar refractivity (Wildman–Crippen MR) is 110 cm³/mol. The fourth-order valence-corrected chi connectivity index (χ4v) is 4.65. The number of fused-ring (bicyclic) bond motifs is 2. The third-order valence-corrected chi connectivity index (χ3v) is 6.22. The molecule has 5 rings (SSSR count). The molecule has 0 spiro atoms. The molecular formula is C23H24N4O3. The summed E-state index contributed by atoms with van der Waals surface area (Å²) in [4.78, 5) is 37.9. The van der Waals surface area contributed by atoms with E-state index in [1.165, 1.54) is 16.7 Å². The van der Waals surface area contributed by atoms with Crippen molar-refractivity contribution in [3.63, 3.8) is 0 Å². The van der Waals surface area contributed by atoms with Crippen LogP contribution in [0.1, 0.15) is 51.0 Å². The van der Waals surface area contributed by atoms with E-state index in [1.807, 2.05) is 18.2 Å². The van der Waals surface area contributed by atoms with Crippen LogP contribution in [-0.4, -0.2) is 28.7 Å². The van der Waals surface area contributed by atoms with Gasteiger partial charge in [-0.1, -0.05) is 30.3 Å². The number of rotatable bonds is 5. The number of imide groups is 1. The molecule has 1 unspecified atom stereocenters. The first-order valence-corrected chi connectivity index (χ1v) is 10.4. The van der Waals surface area contributed by atoms with Crippen molar-refractivity contribution in [3.8, 4) is 0 Å². The highest BCUT2D eigenvalue weighted by Crippen LogP contribution is 2.28. The highest BCUT2D eigenvalue weighted by molar-refractivity contribution is 6.05. The van der Waals surface area contributed by atoms with E-state index < -0.39 is 6.04 Å². The summed E-state index contributed by atoms with van der Waals surface area (Å²) in [7, 11) is 0. The van der Waals surface area contributed by atoms with Gasteiger partial charge in [0, 0.05) is 44.7 Å². The van der Waals surface area contributed by atoms with E-state index in [0.29, 0.717) is 25.1 Å². The predicted octanol–water partition coefficient (Wildman–Crippen LogP) is 1.34. The number of hydrogen-bond donors (Lipinski definition) is 3. The fourth-order valence-electron chi connectivity index (χ4n) is 4.65. The van der Waals surface area contributed by atoms with Gasteiger partial charge in [0.15, 0.2) is 0 Å². The van der Waals surface area contributed by atoms with Gasteiger partial charge >= 0.3 is 0 Å². The van der Waals surface area contributed by atoms with Gasteiger partial charge in [0.1, 0.15) is 6.04 Å². The molecule has 2 aromatic rings. The summed E-state index contributed by atoms with van der Waals surface area (Å²) < 4.78 is 0. The number of benzene rings is 2. The summed E-state index contributed by atoms with van der Waals surface area (Å²) in [5, 5.41) is 9.24. The van der Waals surface area contributed by atoms with Crippen LogP contribution >= 0.6 is 0 Å². The summed E-state index contributed by atoms with van der Waals surface area (Å²) in [6.07, 6.45) is 0.652. The monoisotopic (exact) mass is 404 g/mol. The second-order valence-electron chi connectivity index (χ2n) is 8.15. The average Bonchev–Trinajstić information content (AvgIpc) is 3.33. The minimum Gasteiger partial charge on any atom is -0.322 e. The molecule has 3 heterocycles. The summed E-state index contributed by atoms with van der Waals surface area (Å²) >= 11 is 0. The standard InChI is InChI=1S/C23H24N4O3/c28-21-7-6-20(22(29)26-21)27-13-17-8-14(4-5-18(17)23(27)30)9-24-10-15-2-1-3-16-11-25-12-19(15)16/h1-5,8,20,24-25H,6-7,9-13H2,(H,26,28,29). The van der Waals surface area contributed by atoms with Crippen molar-refractivity contribution >= 4 is 17.7 Å². The molecule has 3 N–H and O–H groups in total. The molecular weight excluding hydrogens is 380 g/mol. The van der Waals surface area contributed by atoms with Gasteiger partial charge in [-0.3, -0.25) is 19.7 Å². The van der Waals surface area contributed by atoms with E-state index in [9.17, 15) is 14.4 Å². The first-order valence-electron chi connectivity index (χ1n) is 10.4. The van der Waals surface area contributed by atoms with Crippen LogP contribution in [0.25, 0.3) is 0 Å². The summed E-state index contributed by atoms with van der Waals surface area (Å²) in [6.45, 7) is 3.77. The van der Waals surface area contributed by atoms with Crippen molar-refractivity contribution in [3.05, 3.63) is 69.8 Å². The molecule has 7 nitrogen and oxygen atoms in total. The molecule has 0 saturated carbocycles. The van der Waals surface area contributed by atoms with Crippen LogP contribution in [0.5, 0.6) is 0 Å². The Morgan fingerprint density at radius 3 is 2.80 bits per heavy atom. The Balaban J connectivity index is 1.24. The minimum atomic E-state index is -0.571. The van der Waals surface area contributed by atoms with Crippen molar-refractivity contribution in [2.45, 2.75) is 51.6 Å². The number of nitrogens with one attached hydrogen (secondary N) is 3. The maximum Gasteiger partial charge on any atom is 0.255 e. The Bertz CT molecular complexity index is 1050. The Labute approximate surface area is 174 Å². The van der Waals surface area contributed by atoms with Crippen LogP contribution in [0.4, 0.5) is 0 Å². The molecule has 1 saturated heterocycles. The summed E-state index contributed by atoms with van der Waals surface area (Å²) in [5.74, 6) is -0.779. The molecule has 3 amide bonds. The van der Waals surface area contributed by atoms with E-state index in [4.69, 9.17) is 0 Å². The Morgan fingerprint density at radius 1 is 1.03 bits per heavy atom. The molecule has 0 bridgehead atoms. The summed E-state index contributed by atoms with van der Waals surface area (Å²) in [5.41, 5.74) is 6.78. The smallest absolute Gasteiger partial charge is 0.255 e. The maximum atomic E-state index is 12.8. The van der Waals surface area contributed by atoms with Gasteiger partial charge in [-0.05, 0) is 40.3 Å². The molecule has 2 aromatic carbocycles. The third kappa shape index (κ3) is 3.40. The van der Waals surface area contributed by atoms with Gasteiger partial charge in [-0.25, -0.2) is 0 Å². The molecule has 0 aliphatic carbocycles. The molecule has 1 atom stereocenters. The topological polar surface area (TPSA) is 90.5 Å². The molecule has 1 fully saturated rings. The highest BCUT2D eigenvalue weighted by atomic mass is 16.2. The van der Waals surface area contributed by atoms with E-state index in [-0.39, 0.29) is 24.1 Å². The molecule has 7 heteroatoms. The molecule has 0 radical (unpaired) electrons. The van der Waals surface area contributed by atoms with Crippen molar-refractivity contribution in [1.29, 1.82) is 0 Å². The first kappa shape index (κ1) is 19.0. The lowest BCUT2D eigenvalue weighted by Crippen LogP contribution is -2.52. The van der Waals surface area contributed by atoms with Crippen molar-refractivity contribution < 1.29 is 14.4 Å². The zero-order valence-electron chi connectivity index (χ0n) is 16.7. The van der Waals surface area contributed by atoms with Crippen LogP contribution in [0.15, 0.2) is 36.4 Å². The SMILES string of the molecule is O=C1CCC(N2Cc3cc(CNCc4cccc5c4CNC5)ccc3C2=O)C(=O)N1. The lowest BCUT2D eigenvalue weighted by Gasteiger charge is -2.29. The van der Waals surface area contributed by atoms with Crippen LogP contribution in [-0.2, 0) is 42.3 Å². The highest BCUT2D eigenvalue weighted by Gasteiger charge is 2.39. The Kier molecular flexibility index (Phi) is 4.84. The van der Waals surface area contributed by atoms with Crippen molar-refractivity contribution in [2.24, 2.45) is 0 Å². The number of piperidine rings is 1. The average molecular weight is 404 g/mol. The zero-order valence-corrected chi connectivity index (χ0v) is 16.7. The normalized spacial score (nSPS) is 20.3. The molecule has 30 heavy (non-hydrogen) atoms. The van der Waals surface area contributed by atoms with Gasteiger partial charge in [-0.2, -0.15) is 0 Å². The van der Waals surface area contributed by atoms with Crippen LogP contribution < -0.4 is 16.0 Å². The van der Waals surface area contributed by atoms with Gasteiger partial charge in [0.05, 0.1) is 0 Å². The summed E-state index contributed by atoms with van der Waals surface area (Å²) in [6, 6.07) is 11.7. The van der Waals surface area contributed by atoms with Gasteiger partial charge in [-0.15, -0.1) is 0 Å². The van der Waals surface area contributed by atoms with E-state index in [1.54, 1.807) is 4.90 Å². The van der Waals surface area contributed by atoms with E-state index in [2.05, 4.69) is 34.1 Å². The van der Waals surface area contributed by atoms with Gasteiger partial charge < -0.3 is 15.5 Å². The second-order valence-corrected chi connectivity index (χ2v) is 8.15. The largest absolute Gasteiger partial charge is 0.322 e. The molecule has 3 aliphatic heterocycles. The van der Waals surface area contributed by atoms with Crippen molar-refractivity contribution in [1.82, 2.24) is 20.9 Å². The Morgan fingerprint density at radius 2 is 1.93 bits per heavy atom. The number of amides is 3. The first-order chi connectivity index (χ1) is 14.6. The minimum absolute atomic E-state index is 0.133. The lowest BCUT2D eigenvalue weighted by atomic mass is 10.0. The second kappa shape index (κ2) is 7.66. The number of carbonyl (C=O) groups is 3. The number of hydrogen-bond acceptors (Lipinski definition) is 5. The fraction of sp³-hybridized carbons (Fsp3) is 0.348. The number of nitrogens with zero attached hydrogens (tertiary/aromatic N) is 1. The lowest BCUT2D eigenvalue weighted by molar-refractivity contribution is -0.136. The molecule has 0 aromatic heterocycles. The van der Waals surface area contributed by atoms with Crippen molar-refractivity contribution in [2.75, 3.05) is 0 Å². The van der Waals surface area contributed by atoms with E-state index in [0.717, 1.165) is 30.8 Å². The van der Waals surface area contributed by atoms with E-state index >= 15 is 0 Å². The Hall–Kier alpha value is -3.03. The molecule has 154 valence electrons. The maximum absolute atomic E-state index is 12.8. The number of carbonyl (C=O) groups excluding carboxylic acids is 3. The van der Waals surface area contributed by atoms with Crippen LogP contribution in [0, 0.1) is 0 Å². The quantitative estimate of drug-likeness (QED) is 0.655. The zero-order chi connectivity index (χ0) is 20.7. The van der Waals surface area contributed by atoms with Gasteiger partial charge in [0.2, 0.25) is 11.8 Å². The molecule has 3 aliphatic rings. The van der Waals surface area contributed by atoms with Crippen LogP contribution in [0.3, 0.4) is 0 Å². The van der Waals surface area contributed by atoms with Crippen LogP contribution in [0.2, 0.25) is 0 Å². The third-order valence-electron chi connectivity index (χ3n) is 6.22. The van der Waals surface area contributed by atoms with Gasteiger partial charge in [0.25, 0.3) is 5.91 Å².